The summed E-state index contributed by atoms with van der Waals surface area (Å²) in [5.74, 6) is 4.99. The first-order valence-corrected chi connectivity index (χ1v) is 8.25. The van der Waals surface area contributed by atoms with Crippen LogP contribution in [0.15, 0.2) is 54.6 Å². The normalized spacial score (nSPS) is 10.8. The molecule has 148 valence electrons. The predicted molar refractivity (Wildman–Crippen MR) is 94.1 cm³/mol. The Bertz CT molecular complexity index is 832. The van der Waals surface area contributed by atoms with E-state index < -0.39 is 24.4 Å². The number of rotatable bonds is 7. The van der Waals surface area contributed by atoms with Gasteiger partial charge in [0.2, 0.25) is 0 Å². The van der Waals surface area contributed by atoms with Gasteiger partial charge in [-0.05, 0) is 23.8 Å². The van der Waals surface area contributed by atoms with Gasteiger partial charge in [0.05, 0.1) is 0 Å². The summed E-state index contributed by atoms with van der Waals surface area (Å²) >= 11 is 0. The molecule has 0 saturated carbocycles. The van der Waals surface area contributed by atoms with Crippen molar-refractivity contribution in [3.63, 3.8) is 0 Å². The molecule has 2 aromatic carbocycles. The third kappa shape index (κ3) is 7.19. The lowest BCUT2D eigenvalue weighted by molar-refractivity contribution is -0.253. The van der Waals surface area contributed by atoms with Crippen molar-refractivity contribution in [3.05, 3.63) is 65.7 Å². The molecule has 0 radical (unpaired) electrons. The average molecular weight is 395 g/mol. The van der Waals surface area contributed by atoms with Crippen LogP contribution < -0.4 is 10.1 Å². The Morgan fingerprint density at radius 1 is 1.11 bits per heavy atom. The van der Waals surface area contributed by atoms with E-state index in [9.17, 15) is 22.4 Å². The molecule has 0 aliphatic carbocycles. The SMILES string of the molecule is O=C(NCCC#Cc1cccc(OC(F)(F)C(F)F)c1)OCc1ccccc1. The van der Waals surface area contributed by atoms with Crippen molar-refractivity contribution in [2.75, 3.05) is 6.54 Å². The fourth-order valence-corrected chi connectivity index (χ4v) is 2.00. The molecule has 0 aliphatic heterocycles. The van der Waals surface area contributed by atoms with Gasteiger partial charge >= 0.3 is 18.6 Å². The monoisotopic (exact) mass is 395 g/mol. The van der Waals surface area contributed by atoms with Gasteiger partial charge in [-0.2, -0.15) is 17.6 Å². The van der Waals surface area contributed by atoms with Gasteiger partial charge in [-0.1, -0.05) is 48.2 Å². The van der Waals surface area contributed by atoms with E-state index in [0.29, 0.717) is 5.56 Å². The van der Waals surface area contributed by atoms with Crippen LogP contribution >= 0.6 is 0 Å². The molecular formula is C20H17F4NO3. The molecule has 0 fully saturated rings. The van der Waals surface area contributed by atoms with Gasteiger partial charge in [-0.3, -0.25) is 0 Å². The zero-order chi connectivity index (χ0) is 20.4. The van der Waals surface area contributed by atoms with Gasteiger partial charge in [0, 0.05) is 18.5 Å². The van der Waals surface area contributed by atoms with Crippen molar-refractivity contribution in [2.24, 2.45) is 0 Å². The highest BCUT2D eigenvalue weighted by Gasteiger charge is 2.43. The Labute approximate surface area is 159 Å². The molecule has 0 atom stereocenters. The predicted octanol–water partition coefficient (Wildman–Crippen LogP) is 4.59. The maximum absolute atomic E-state index is 12.9. The summed E-state index contributed by atoms with van der Waals surface area (Å²) in [5.41, 5.74) is 1.17. The number of carbonyl (C=O) groups is 1. The van der Waals surface area contributed by atoms with Gasteiger partial charge in [-0.15, -0.1) is 0 Å². The molecule has 2 aromatic rings. The van der Waals surface area contributed by atoms with Crippen LogP contribution in [0, 0.1) is 11.8 Å². The van der Waals surface area contributed by atoms with Crippen molar-refractivity contribution in [1.29, 1.82) is 0 Å². The van der Waals surface area contributed by atoms with Gasteiger partial charge < -0.3 is 14.8 Å². The summed E-state index contributed by atoms with van der Waals surface area (Å²) in [6, 6.07) is 14.3. The van der Waals surface area contributed by atoms with Crippen LogP contribution in [0.5, 0.6) is 5.75 Å². The summed E-state index contributed by atoms with van der Waals surface area (Å²) in [6.07, 6.45) is -8.82. The number of amides is 1. The van der Waals surface area contributed by atoms with E-state index in [4.69, 9.17) is 4.74 Å². The first-order valence-electron chi connectivity index (χ1n) is 8.25. The van der Waals surface area contributed by atoms with Crippen LogP contribution in [-0.4, -0.2) is 25.2 Å². The standard InChI is InChI=1S/C20H17F4NO3/c21-18(22)20(23,24)28-17-11-6-10-15(13-17)7-4-5-12-25-19(26)27-14-16-8-2-1-3-9-16/h1-3,6,8-11,13,18H,5,12,14H2,(H,25,26). The maximum atomic E-state index is 12.9. The van der Waals surface area contributed by atoms with E-state index in [0.717, 1.165) is 17.7 Å². The highest BCUT2D eigenvalue weighted by Crippen LogP contribution is 2.27. The number of benzene rings is 2. The molecule has 8 heteroatoms. The number of halogens is 4. The lowest BCUT2D eigenvalue weighted by Crippen LogP contribution is -2.33. The van der Waals surface area contributed by atoms with Crippen LogP contribution in [-0.2, 0) is 11.3 Å². The Balaban J connectivity index is 1.75. The molecular weight excluding hydrogens is 378 g/mol. The number of alkyl carbamates (subject to hydrolysis) is 1. The minimum Gasteiger partial charge on any atom is -0.445 e. The fraction of sp³-hybridized carbons (Fsp3) is 0.250. The van der Waals surface area contributed by atoms with Crippen molar-refractivity contribution < 1.29 is 31.8 Å². The van der Waals surface area contributed by atoms with E-state index in [1.165, 1.54) is 12.1 Å². The molecule has 1 amide bonds. The zero-order valence-electron chi connectivity index (χ0n) is 14.6. The van der Waals surface area contributed by atoms with Gasteiger partial charge in [0.15, 0.2) is 0 Å². The number of hydrogen-bond donors (Lipinski definition) is 1. The Hall–Kier alpha value is -3.21. The van der Waals surface area contributed by atoms with Crippen molar-refractivity contribution in [2.45, 2.75) is 25.6 Å². The Morgan fingerprint density at radius 2 is 1.86 bits per heavy atom. The van der Waals surface area contributed by atoms with Gasteiger partial charge in [-0.25, -0.2) is 4.79 Å². The van der Waals surface area contributed by atoms with Crippen molar-refractivity contribution >= 4 is 6.09 Å². The summed E-state index contributed by atoms with van der Waals surface area (Å²) in [6.45, 7) is 0.370. The largest absolute Gasteiger partial charge is 0.461 e. The summed E-state index contributed by atoms with van der Waals surface area (Å²) in [5, 5.41) is 2.52. The summed E-state index contributed by atoms with van der Waals surface area (Å²) in [7, 11) is 0. The van der Waals surface area contributed by atoms with E-state index >= 15 is 0 Å². The molecule has 0 saturated heterocycles. The van der Waals surface area contributed by atoms with E-state index in [2.05, 4.69) is 21.9 Å². The van der Waals surface area contributed by atoms with Crippen molar-refractivity contribution in [1.82, 2.24) is 5.32 Å². The Morgan fingerprint density at radius 3 is 2.57 bits per heavy atom. The lowest BCUT2D eigenvalue weighted by Gasteiger charge is -2.16. The molecule has 0 aliphatic rings. The molecule has 2 rings (SSSR count). The minimum atomic E-state index is -4.57. The summed E-state index contributed by atoms with van der Waals surface area (Å²) < 4.78 is 59.1. The lowest BCUT2D eigenvalue weighted by atomic mass is 10.2. The van der Waals surface area contributed by atoms with E-state index in [-0.39, 0.29) is 19.6 Å². The number of nitrogens with one attached hydrogen (secondary N) is 1. The van der Waals surface area contributed by atoms with E-state index in [1.807, 2.05) is 30.3 Å². The molecule has 4 nitrogen and oxygen atoms in total. The highest BCUT2D eigenvalue weighted by molar-refractivity contribution is 5.67. The first kappa shape index (κ1) is 21.1. The number of alkyl halides is 4. The number of carbonyl (C=O) groups excluding carboxylic acids is 1. The number of ether oxygens (including phenoxy) is 2. The van der Waals surface area contributed by atoms with Crippen LogP contribution in [0.3, 0.4) is 0 Å². The minimum absolute atomic E-state index is 0.147. The topological polar surface area (TPSA) is 47.6 Å². The van der Waals surface area contributed by atoms with Crippen LogP contribution in [0.4, 0.5) is 22.4 Å². The quantitative estimate of drug-likeness (QED) is 0.424. The van der Waals surface area contributed by atoms with Crippen molar-refractivity contribution in [3.8, 4) is 17.6 Å². The van der Waals surface area contributed by atoms with Crippen LogP contribution in [0.25, 0.3) is 0 Å². The third-order valence-electron chi connectivity index (χ3n) is 3.31. The molecule has 0 bridgehead atoms. The highest BCUT2D eigenvalue weighted by atomic mass is 19.3. The summed E-state index contributed by atoms with van der Waals surface area (Å²) in [4.78, 5) is 11.6. The third-order valence-corrected chi connectivity index (χ3v) is 3.31. The van der Waals surface area contributed by atoms with Gasteiger partial charge in [0.25, 0.3) is 0 Å². The molecule has 28 heavy (non-hydrogen) atoms. The smallest absolute Gasteiger partial charge is 0.445 e. The maximum Gasteiger partial charge on any atom is 0.461 e. The van der Waals surface area contributed by atoms with Gasteiger partial charge in [0.1, 0.15) is 12.4 Å². The Kier molecular flexibility index (Phi) is 7.69. The second kappa shape index (κ2) is 10.2. The molecule has 0 unspecified atom stereocenters. The van der Waals surface area contributed by atoms with E-state index in [1.54, 1.807) is 0 Å². The zero-order valence-corrected chi connectivity index (χ0v) is 14.6. The first-order chi connectivity index (χ1) is 13.4. The second-order valence-electron chi connectivity index (χ2n) is 5.53. The molecule has 0 aromatic heterocycles. The van der Waals surface area contributed by atoms with Crippen LogP contribution in [0.2, 0.25) is 0 Å². The molecule has 0 spiro atoms. The average Bonchev–Trinajstić information content (AvgIpc) is 2.67. The number of hydrogen-bond acceptors (Lipinski definition) is 3. The fourth-order valence-electron chi connectivity index (χ4n) is 2.00. The molecule has 1 N–H and O–H groups in total. The molecule has 0 heterocycles. The second-order valence-corrected chi connectivity index (χ2v) is 5.53. The van der Waals surface area contributed by atoms with Crippen LogP contribution in [0.1, 0.15) is 17.5 Å².